The summed E-state index contributed by atoms with van der Waals surface area (Å²) >= 11 is 12.0. The molecule has 2 heterocycles. The predicted octanol–water partition coefficient (Wildman–Crippen LogP) is 5.40. The van der Waals surface area contributed by atoms with Crippen molar-refractivity contribution in [2.75, 3.05) is 16.8 Å². The first kappa shape index (κ1) is 24.5. The fourth-order valence-electron chi connectivity index (χ4n) is 4.29. The molecule has 1 aromatic heterocycles. The lowest BCUT2D eigenvalue weighted by Gasteiger charge is -2.23. The molecule has 4 aromatic rings. The fraction of sp³-hybridized carbons (Fsp3) is 0.111. The molecule has 1 aliphatic heterocycles. The smallest absolute Gasteiger partial charge is 0.325 e. The Kier molecular flexibility index (Phi) is 6.69. The molecular formula is C27H20Cl2N4O4. The Balaban J connectivity index is 1.37. The highest BCUT2D eigenvalue weighted by atomic mass is 35.5. The molecule has 0 unspecified atom stereocenters. The van der Waals surface area contributed by atoms with E-state index in [1.54, 1.807) is 47.5 Å². The summed E-state index contributed by atoms with van der Waals surface area (Å²) in [5, 5.41) is 17.0. The first-order valence-corrected chi connectivity index (χ1v) is 12.1. The van der Waals surface area contributed by atoms with Crippen molar-refractivity contribution in [3.05, 3.63) is 99.7 Å². The molecule has 8 nitrogen and oxygen atoms in total. The van der Waals surface area contributed by atoms with Crippen molar-refractivity contribution in [1.29, 1.82) is 0 Å². The maximum absolute atomic E-state index is 13.5. The van der Waals surface area contributed by atoms with Crippen molar-refractivity contribution >= 4 is 52.4 Å². The fourth-order valence-corrected chi connectivity index (χ4v) is 4.78. The van der Waals surface area contributed by atoms with Crippen LogP contribution >= 0.6 is 23.2 Å². The van der Waals surface area contributed by atoms with Crippen molar-refractivity contribution in [3.63, 3.8) is 0 Å². The molecule has 0 bridgehead atoms. The molecule has 0 radical (unpaired) electrons. The van der Waals surface area contributed by atoms with Crippen molar-refractivity contribution in [2.24, 2.45) is 0 Å². The third-order valence-corrected chi connectivity index (χ3v) is 6.55. The monoisotopic (exact) mass is 534 g/mol. The van der Waals surface area contributed by atoms with Crippen molar-refractivity contribution in [1.82, 2.24) is 9.78 Å². The Morgan fingerprint density at radius 1 is 1.00 bits per heavy atom. The van der Waals surface area contributed by atoms with Crippen LogP contribution in [0.4, 0.5) is 11.4 Å². The van der Waals surface area contributed by atoms with E-state index < -0.39 is 5.97 Å². The normalized spacial score (nSPS) is 12.3. The number of nitrogens with one attached hydrogen (secondary N) is 1. The lowest BCUT2D eigenvalue weighted by molar-refractivity contribution is -0.137. The quantitative estimate of drug-likeness (QED) is 0.356. The number of halogens is 2. The van der Waals surface area contributed by atoms with Crippen molar-refractivity contribution < 1.29 is 19.5 Å². The Morgan fingerprint density at radius 3 is 2.49 bits per heavy atom. The van der Waals surface area contributed by atoms with Gasteiger partial charge in [-0.3, -0.25) is 19.1 Å². The first-order chi connectivity index (χ1) is 17.8. The van der Waals surface area contributed by atoms with Crippen LogP contribution in [0.15, 0.2) is 72.9 Å². The first-order valence-electron chi connectivity index (χ1n) is 11.4. The van der Waals surface area contributed by atoms with Crippen LogP contribution in [0.2, 0.25) is 10.0 Å². The number of amides is 2. The highest BCUT2D eigenvalue weighted by Crippen LogP contribution is 2.36. The Bertz CT molecular complexity index is 1530. The zero-order chi connectivity index (χ0) is 26.1. The number of fused-ring (bicyclic) bond motifs is 3. The van der Waals surface area contributed by atoms with Crippen LogP contribution in [0.3, 0.4) is 0 Å². The second-order valence-electron chi connectivity index (χ2n) is 8.47. The van der Waals surface area contributed by atoms with Crippen LogP contribution in [0.5, 0.6) is 0 Å². The van der Waals surface area contributed by atoms with Crippen LogP contribution in [0.25, 0.3) is 11.3 Å². The lowest BCUT2D eigenvalue weighted by atomic mass is 10.1. The molecule has 2 N–H and O–H groups in total. The average molecular weight is 535 g/mol. The molecule has 0 spiro atoms. The number of carbonyl (C=O) groups is 3. The molecule has 0 saturated carbocycles. The lowest BCUT2D eigenvalue weighted by Crippen LogP contribution is -2.32. The molecule has 186 valence electrons. The molecule has 10 heteroatoms. The SMILES string of the molecule is O=C(O)Cn1cc2c(n1)-c1ccccc1N(C(=O)c1ccc(NC(=O)c3ccc(Cl)cc3Cl)cc1)CC2. The van der Waals surface area contributed by atoms with E-state index >= 15 is 0 Å². The summed E-state index contributed by atoms with van der Waals surface area (Å²) in [6.45, 7) is 0.167. The van der Waals surface area contributed by atoms with E-state index in [1.165, 1.54) is 10.7 Å². The Morgan fingerprint density at radius 2 is 1.76 bits per heavy atom. The van der Waals surface area contributed by atoms with Crippen molar-refractivity contribution in [2.45, 2.75) is 13.0 Å². The number of hydrogen-bond acceptors (Lipinski definition) is 4. The standard InChI is InChI=1S/C27H20Cl2N4O4/c28-18-7-10-20(22(29)13-18)26(36)30-19-8-5-16(6-9-19)27(37)33-12-11-17-14-32(15-24(34)35)31-25(17)21-3-1-2-4-23(21)33/h1-10,13-14H,11-12,15H2,(H,30,36)(H,34,35). The number of anilines is 2. The van der Waals surface area contributed by atoms with Gasteiger partial charge in [-0.2, -0.15) is 5.10 Å². The van der Waals surface area contributed by atoms with E-state index in [2.05, 4.69) is 10.4 Å². The summed E-state index contributed by atoms with van der Waals surface area (Å²) < 4.78 is 1.41. The van der Waals surface area contributed by atoms with E-state index in [4.69, 9.17) is 28.3 Å². The molecule has 1 aliphatic rings. The molecule has 0 aliphatic carbocycles. The third kappa shape index (κ3) is 5.07. The molecule has 37 heavy (non-hydrogen) atoms. The van der Waals surface area contributed by atoms with Crippen LogP contribution < -0.4 is 10.2 Å². The minimum atomic E-state index is -0.973. The molecular weight excluding hydrogens is 515 g/mol. The summed E-state index contributed by atoms with van der Waals surface area (Å²) in [7, 11) is 0. The van der Waals surface area contributed by atoms with Gasteiger partial charge < -0.3 is 15.3 Å². The van der Waals surface area contributed by atoms with Gasteiger partial charge in [0.05, 0.1) is 22.0 Å². The molecule has 0 fully saturated rings. The van der Waals surface area contributed by atoms with E-state index in [-0.39, 0.29) is 28.9 Å². The zero-order valence-electron chi connectivity index (χ0n) is 19.3. The number of carbonyl (C=O) groups excluding carboxylic acids is 2. The van der Waals surface area contributed by atoms with Crippen molar-refractivity contribution in [3.8, 4) is 11.3 Å². The summed E-state index contributed by atoms with van der Waals surface area (Å²) in [5.41, 5.74) is 4.26. The van der Waals surface area contributed by atoms with E-state index in [1.807, 2.05) is 24.3 Å². The van der Waals surface area contributed by atoms with Gasteiger partial charge in [0.15, 0.2) is 0 Å². The average Bonchev–Trinajstić information content (AvgIpc) is 3.19. The van der Waals surface area contributed by atoms with Gasteiger partial charge in [0, 0.05) is 34.6 Å². The Labute approximate surface area is 222 Å². The predicted molar refractivity (Wildman–Crippen MR) is 142 cm³/mol. The maximum Gasteiger partial charge on any atom is 0.325 e. The van der Waals surface area contributed by atoms with Crippen LogP contribution in [-0.4, -0.2) is 39.2 Å². The summed E-state index contributed by atoms with van der Waals surface area (Å²) in [5.74, 6) is -1.56. The molecule has 5 rings (SSSR count). The number of carboxylic acid groups (broad SMARTS) is 1. The van der Waals surface area contributed by atoms with E-state index in [9.17, 15) is 14.4 Å². The number of aliphatic carboxylic acids is 1. The number of hydrogen-bond donors (Lipinski definition) is 2. The minimum absolute atomic E-state index is 0.199. The molecule has 0 saturated heterocycles. The maximum atomic E-state index is 13.5. The number of benzene rings is 3. The van der Waals surface area contributed by atoms with Gasteiger partial charge in [0.2, 0.25) is 0 Å². The molecule has 3 aromatic carbocycles. The summed E-state index contributed by atoms with van der Waals surface area (Å²) in [6.07, 6.45) is 2.24. The molecule has 2 amide bonds. The number of rotatable bonds is 5. The largest absolute Gasteiger partial charge is 0.480 e. The zero-order valence-corrected chi connectivity index (χ0v) is 20.8. The topological polar surface area (TPSA) is 105 Å². The highest BCUT2D eigenvalue weighted by molar-refractivity contribution is 6.37. The Hall–Kier alpha value is -4.14. The van der Waals surface area contributed by atoms with Gasteiger partial charge in [-0.05, 0) is 60.5 Å². The molecule has 0 atom stereocenters. The second kappa shape index (κ2) is 10.1. The van der Waals surface area contributed by atoms with Gasteiger partial charge >= 0.3 is 5.97 Å². The van der Waals surface area contributed by atoms with Crippen LogP contribution in [-0.2, 0) is 17.8 Å². The number of para-hydroxylation sites is 1. The minimum Gasteiger partial charge on any atom is -0.480 e. The van der Waals surface area contributed by atoms with Gasteiger partial charge in [-0.25, -0.2) is 0 Å². The summed E-state index contributed by atoms with van der Waals surface area (Å²) in [4.78, 5) is 39.0. The number of aromatic nitrogens is 2. The van der Waals surface area contributed by atoms with Gasteiger partial charge in [0.25, 0.3) is 11.8 Å². The van der Waals surface area contributed by atoms with Gasteiger partial charge in [-0.15, -0.1) is 0 Å². The summed E-state index contributed by atoms with van der Waals surface area (Å²) in [6, 6.07) is 18.7. The van der Waals surface area contributed by atoms with Gasteiger partial charge in [-0.1, -0.05) is 41.4 Å². The van der Waals surface area contributed by atoms with Gasteiger partial charge in [0.1, 0.15) is 6.54 Å². The van der Waals surface area contributed by atoms with E-state index in [0.29, 0.717) is 40.6 Å². The van der Waals surface area contributed by atoms with Crippen LogP contribution in [0, 0.1) is 0 Å². The highest BCUT2D eigenvalue weighted by Gasteiger charge is 2.27. The van der Waals surface area contributed by atoms with Crippen LogP contribution in [0.1, 0.15) is 26.3 Å². The number of nitrogens with zero attached hydrogens (tertiary/aromatic N) is 3. The van der Waals surface area contributed by atoms with E-state index in [0.717, 1.165) is 11.1 Å². The second-order valence-corrected chi connectivity index (χ2v) is 9.32. The third-order valence-electron chi connectivity index (χ3n) is 6.00. The number of carboxylic acids is 1.